The fourth-order valence-electron chi connectivity index (χ4n) is 2.79. The molecule has 1 saturated heterocycles. The van der Waals surface area contributed by atoms with E-state index in [4.69, 9.17) is 11.6 Å². The van der Waals surface area contributed by atoms with Crippen LogP contribution >= 0.6 is 11.6 Å². The second kappa shape index (κ2) is 6.91. The van der Waals surface area contributed by atoms with Crippen LogP contribution < -0.4 is 15.8 Å². The third kappa shape index (κ3) is 3.94. The Kier molecular flexibility index (Phi) is 4.87. The summed E-state index contributed by atoms with van der Waals surface area (Å²) in [5, 5.41) is 0.696. The van der Waals surface area contributed by atoms with Gasteiger partial charge in [0.25, 0.3) is 5.92 Å². The first-order chi connectivity index (χ1) is 11.4. The summed E-state index contributed by atoms with van der Waals surface area (Å²) in [5.74, 6) is -2.51. The van der Waals surface area contributed by atoms with Crippen molar-refractivity contribution in [3.63, 3.8) is 0 Å². The Labute approximate surface area is 144 Å². The van der Waals surface area contributed by atoms with Gasteiger partial charge < -0.3 is 10.3 Å². The van der Waals surface area contributed by atoms with E-state index in [1.165, 1.54) is 18.3 Å². The number of anilines is 2. The normalized spacial score (nSPS) is 18.0. The first-order valence-electron chi connectivity index (χ1n) is 7.81. The third-order valence-electron chi connectivity index (χ3n) is 4.04. The lowest BCUT2D eigenvalue weighted by Gasteiger charge is -2.28. The van der Waals surface area contributed by atoms with Crippen molar-refractivity contribution >= 4 is 23.1 Å². The largest absolute Gasteiger partial charge is 0.354 e. The first-order valence-corrected chi connectivity index (χ1v) is 8.19. The van der Waals surface area contributed by atoms with Gasteiger partial charge in [-0.15, -0.1) is 0 Å². The van der Waals surface area contributed by atoms with E-state index in [9.17, 15) is 8.78 Å². The van der Waals surface area contributed by atoms with Crippen LogP contribution in [0.1, 0.15) is 25.3 Å². The average Bonchev–Trinajstić information content (AvgIpc) is 3.02. The number of pyridine rings is 1. The molecule has 24 heavy (non-hydrogen) atoms. The minimum Gasteiger partial charge on any atom is -0.354 e. The highest BCUT2D eigenvalue weighted by Crippen LogP contribution is 2.28. The number of halogens is 3. The van der Waals surface area contributed by atoms with Crippen molar-refractivity contribution in [3.8, 4) is 0 Å². The molecule has 1 unspecified atom stereocenters. The molecule has 1 fully saturated rings. The van der Waals surface area contributed by atoms with Crippen LogP contribution in [-0.2, 0) is 5.92 Å². The van der Waals surface area contributed by atoms with Crippen LogP contribution in [0.25, 0.3) is 0 Å². The summed E-state index contributed by atoms with van der Waals surface area (Å²) in [4.78, 5) is 6.29. The van der Waals surface area contributed by atoms with E-state index in [1.807, 2.05) is 24.3 Å². The summed E-state index contributed by atoms with van der Waals surface area (Å²) in [6.07, 6.45) is 3.42. The van der Waals surface area contributed by atoms with Gasteiger partial charge >= 0.3 is 0 Å². The molecule has 1 atom stereocenters. The van der Waals surface area contributed by atoms with Crippen LogP contribution in [0.3, 0.4) is 0 Å². The van der Waals surface area contributed by atoms with Gasteiger partial charge in [0, 0.05) is 35.9 Å². The molecule has 2 heterocycles. The second-order valence-electron chi connectivity index (χ2n) is 5.92. The maximum absolute atomic E-state index is 13.4. The van der Waals surface area contributed by atoms with Crippen LogP contribution in [0.2, 0.25) is 5.02 Å². The van der Waals surface area contributed by atoms with Crippen LogP contribution in [-0.4, -0.2) is 17.7 Å². The molecule has 4 nitrogen and oxygen atoms in total. The number of nitrogens with zero attached hydrogens (tertiary/aromatic N) is 2. The Morgan fingerprint density at radius 1 is 1.25 bits per heavy atom. The van der Waals surface area contributed by atoms with E-state index >= 15 is 0 Å². The maximum atomic E-state index is 13.4. The van der Waals surface area contributed by atoms with Gasteiger partial charge in [0.05, 0.1) is 6.17 Å². The van der Waals surface area contributed by atoms with Crippen molar-refractivity contribution in [2.45, 2.75) is 31.9 Å². The predicted octanol–water partition coefficient (Wildman–Crippen LogP) is 4.39. The number of benzene rings is 1. The number of hydrazine groups is 1. The molecule has 0 aliphatic carbocycles. The van der Waals surface area contributed by atoms with E-state index in [1.54, 1.807) is 0 Å². The van der Waals surface area contributed by atoms with E-state index < -0.39 is 5.92 Å². The van der Waals surface area contributed by atoms with Crippen LogP contribution in [0, 0.1) is 0 Å². The van der Waals surface area contributed by atoms with E-state index in [0.717, 1.165) is 32.0 Å². The minimum absolute atomic E-state index is 0.0544. The molecule has 128 valence electrons. The molecule has 0 amide bonds. The molecular formula is C17H19ClF2N4. The molecule has 1 aliphatic rings. The highest BCUT2D eigenvalue weighted by molar-refractivity contribution is 6.30. The Balaban J connectivity index is 1.66. The number of nitrogens with one attached hydrogen (secondary N) is 2. The Hall–Kier alpha value is -1.92. The van der Waals surface area contributed by atoms with Crippen molar-refractivity contribution in [2.75, 3.05) is 16.9 Å². The highest BCUT2D eigenvalue weighted by atomic mass is 35.5. The van der Waals surface area contributed by atoms with Gasteiger partial charge in [0.2, 0.25) is 0 Å². The summed E-state index contributed by atoms with van der Waals surface area (Å²) in [5.41, 5.74) is 7.12. The lowest BCUT2D eigenvalue weighted by atomic mass is 10.1. The monoisotopic (exact) mass is 352 g/mol. The molecule has 2 aromatic rings. The SMILES string of the molecule is CC(F)(F)c1ccnc(NNC2CCCN2c2ccc(Cl)cc2)c1. The molecule has 0 radical (unpaired) electrons. The molecular weight excluding hydrogens is 334 g/mol. The number of hydrogen-bond donors (Lipinski definition) is 2. The lowest BCUT2D eigenvalue weighted by molar-refractivity contribution is 0.0174. The molecule has 1 aromatic carbocycles. The number of rotatable bonds is 5. The Morgan fingerprint density at radius 2 is 2.00 bits per heavy atom. The van der Waals surface area contributed by atoms with Gasteiger partial charge in [-0.2, -0.15) is 0 Å². The van der Waals surface area contributed by atoms with Crippen LogP contribution in [0.4, 0.5) is 20.3 Å². The fourth-order valence-corrected chi connectivity index (χ4v) is 2.91. The van der Waals surface area contributed by atoms with Crippen LogP contribution in [0.15, 0.2) is 42.6 Å². The summed E-state index contributed by atoms with van der Waals surface area (Å²) in [6, 6.07) is 10.3. The van der Waals surface area contributed by atoms with E-state index in [-0.39, 0.29) is 11.7 Å². The summed E-state index contributed by atoms with van der Waals surface area (Å²) in [7, 11) is 0. The quantitative estimate of drug-likeness (QED) is 0.783. The zero-order valence-electron chi connectivity index (χ0n) is 13.3. The smallest absolute Gasteiger partial charge is 0.270 e. The number of hydrogen-bond acceptors (Lipinski definition) is 4. The predicted molar refractivity (Wildman–Crippen MR) is 92.4 cm³/mol. The molecule has 3 rings (SSSR count). The van der Waals surface area contributed by atoms with E-state index in [2.05, 4.69) is 20.7 Å². The Morgan fingerprint density at radius 3 is 2.71 bits per heavy atom. The fraction of sp³-hybridized carbons (Fsp3) is 0.353. The molecule has 1 aliphatic heterocycles. The van der Waals surface area contributed by atoms with Gasteiger partial charge in [-0.3, -0.25) is 0 Å². The summed E-state index contributed by atoms with van der Waals surface area (Å²) < 4.78 is 26.8. The van der Waals surface area contributed by atoms with Crippen molar-refractivity contribution in [1.82, 2.24) is 10.4 Å². The topological polar surface area (TPSA) is 40.2 Å². The third-order valence-corrected chi connectivity index (χ3v) is 4.30. The molecule has 0 bridgehead atoms. The molecule has 0 saturated carbocycles. The molecule has 1 aromatic heterocycles. The zero-order valence-corrected chi connectivity index (χ0v) is 14.0. The van der Waals surface area contributed by atoms with E-state index in [0.29, 0.717) is 10.8 Å². The minimum atomic E-state index is -2.89. The Bertz CT molecular complexity index is 688. The lowest BCUT2D eigenvalue weighted by Crippen LogP contribution is -2.44. The first kappa shape index (κ1) is 16.9. The summed E-state index contributed by atoms with van der Waals surface area (Å²) in [6.45, 7) is 1.79. The average molecular weight is 353 g/mol. The maximum Gasteiger partial charge on any atom is 0.270 e. The van der Waals surface area contributed by atoms with Gasteiger partial charge in [-0.05, 0) is 49.2 Å². The van der Waals surface area contributed by atoms with Gasteiger partial charge in [0.15, 0.2) is 0 Å². The standard InChI is InChI=1S/C17H19ClF2N4/c1-17(19,20)12-8-9-21-15(11-12)22-23-16-3-2-10-24(16)14-6-4-13(18)5-7-14/h4-9,11,16,23H,2-3,10H2,1H3,(H,21,22). The van der Waals surface area contributed by atoms with Gasteiger partial charge in [0.1, 0.15) is 5.82 Å². The molecule has 2 N–H and O–H groups in total. The van der Waals surface area contributed by atoms with Crippen molar-refractivity contribution in [1.29, 1.82) is 0 Å². The van der Waals surface area contributed by atoms with Crippen LogP contribution in [0.5, 0.6) is 0 Å². The van der Waals surface area contributed by atoms with Gasteiger partial charge in [-0.25, -0.2) is 19.2 Å². The van der Waals surface area contributed by atoms with Crippen molar-refractivity contribution in [2.24, 2.45) is 0 Å². The van der Waals surface area contributed by atoms with Gasteiger partial charge in [-0.1, -0.05) is 11.6 Å². The van der Waals surface area contributed by atoms with Crippen molar-refractivity contribution < 1.29 is 8.78 Å². The molecule has 0 spiro atoms. The number of alkyl halides is 2. The highest BCUT2D eigenvalue weighted by Gasteiger charge is 2.26. The number of aromatic nitrogens is 1. The summed E-state index contributed by atoms with van der Waals surface area (Å²) >= 11 is 5.93. The second-order valence-corrected chi connectivity index (χ2v) is 6.35. The zero-order chi connectivity index (χ0) is 17.2. The van der Waals surface area contributed by atoms with Crippen molar-refractivity contribution in [3.05, 3.63) is 53.2 Å². The molecule has 7 heteroatoms.